The quantitative estimate of drug-likeness (QED) is 0.590. The van der Waals surface area contributed by atoms with E-state index in [0.717, 1.165) is 0 Å². The van der Waals surface area contributed by atoms with Crippen molar-refractivity contribution in [3.05, 3.63) is 42.3 Å². The number of aromatic amines is 1. The lowest BCUT2D eigenvalue weighted by molar-refractivity contribution is -0.192. The first-order valence-corrected chi connectivity index (χ1v) is 6.34. The second kappa shape index (κ2) is 6.52. The summed E-state index contributed by atoms with van der Waals surface area (Å²) < 4.78 is 45.4. The van der Waals surface area contributed by atoms with E-state index in [0.29, 0.717) is 28.0 Å². The fourth-order valence-electron chi connectivity index (χ4n) is 1.76. The number of rotatable bonds is 1. The summed E-state index contributed by atoms with van der Waals surface area (Å²) in [5.74, 6) is -2.60. The molecule has 2 aromatic heterocycles. The molecule has 0 fully saturated rings. The van der Waals surface area contributed by atoms with Gasteiger partial charge in [-0.15, -0.1) is 0 Å². The molecule has 0 aliphatic rings. The first kappa shape index (κ1) is 17.2. The molecule has 0 amide bonds. The number of aliphatic carboxylic acids is 1. The van der Waals surface area contributed by atoms with Crippen LogP contribution in [0.1, 0.15) is 0 Å². The summed E-state index contributed by atoms with van der Waals surface area (Å²) in [4.78, 5) is 13.0. The van der Waals surface area contributed by atoms with E-state index in [1.54, 1.807) is 30.5 Å². The fraction of sp³-hybridized carbons (Fsp3) is 0.0714. The Balaban J connectivity index is 0.000000256. The van der Waals surface area contributed by atoms with Gasteiger partial charge in [0.25, 0.3) is 0 Å². The molecule has 4 N–H and O–H groups in total. The fourth-order valence-corrected chi connectivity index (χ4v) is 1.76. The normalized spacial score (nSPS) is 11.0. The van der Waals surface area contributed by atoms with Crippen LogP contribution < -0.4 is 5.73 Å². The molecule has 0 radical (unpaired) electrons. The molecule has 0 unspecified atom stereocenters. The zero-order chi connectivity index (χ0) is 17.9. The molecule has 1 aromatic carbocycles. The first-order valence-electron chi connectivity index (χ1n) is 6.34. The summed E-state index contributed by atoms with van der Waals surface area (Å²) >= 11 is 0. The Kier molecular flexibility index (Phi) is 4.67. The zero-order valence-corrected chi connectivity index (χ0v) is 11.8. The lowest BCUT2D eigenvalue weighted by Crippen LogP contribution is -2.21. The van der Waals surface area contributed by atoms with Crippen LogP contribution in [0, 0.1) is 5.82 Å². The van der Waals surface area contributed by atoms with Gasteiger partial charge in [0.15, 0.2) is 5.65 Å². The van der Waals surface area contributed by atoms with Crippen molar-refractivity contribution in [2.24, 2.45) is 0 Å². The highest BCUT2D eigenvalue weighted by Crippen LogP contribution is 2.26. The van der Waals surface area contributed by atoms with E-state index in [-0.39, 0.29) is 5.82 Å². The highest BCUT2D eigenvalue weighted by molar-refractivity contribution is 5.89. The van der Waals surface area contributed by atoms with Gasteiger partial charge in [0.05, 0.1) is 5.39 Å². The molecule has 0 aliphatic heterocycles. The number of fused-ring (bicyclic) bond motifs is 1. The minimum atomic E-state index is -5.08. The Morgan fingerprint density at radius 2 is 1.88 bits per heavy atom. The van der Waals surface area contributed by atoms with Crippen molar-refractivity contribution in [2.75, 3.05) is 5.73 Å². The van der Waals surface area contributed by atoms with Crippen LogP contribution in [0.15, 0.2) is 36.5 Å². The van der Waals surface area contributed by atoms with Gasteiger partial charge in [-0.25, -0.2) is 14.2 Å². The molecule has 6 nitrogen and oxygen atoms in total. The van der Waals surface area contributed by atoms with Gasteiger partial charge in [0, 0.05) is 17.3 Å². The van der Waals surface area contributed by atoms with Gasteiger partial charge < -0.3 is 10.8 Å². The second-order valence-electron chi connectivity index (χ2n) is 4.52. The van der Waals surface area contributed by atoms with E-state index >= 15 is 0 Å². The van der Waals surface area contributed by atoms with Gasteiger partial charge in [-0.3, -0.25) is 5.10 Å². The van der Waals surface area contributed by atoms with Crippen LogP contribution in [0.2, 0.25) is 0 Å². The summed E-state index contributed by atoms with van der Waals surface area (Å²) in [5, 5.41) is 14.4. The summed E-state index contributed by atoms with van der Waals surface area (Å²) in [7, 11) is 0. The van der Waals surface area contributed by atoms with E-state index in [9.17, 15) is 17.6 Å². The van der Waals surface area contributed by atoms with Crippen molar-refractivity contribution in [1.29, 1.82) is 0 Å². The SMILES string of the molecule is Nc1[nH]nc2ncc(-c3ccccc3F)cc12.O=C(O)C(F)(F)F. The van der Waals surface area contributed by atoms with Gasteiger partial charge >= 0.3 is 12.1 Å². The number of nitrogens with zero attached hydrogens (tertiary/aromatic N) is 2. The van der Waals surface area contributed by atoms with Gasteiger partial charge in [0.1, 0.15) is 11.6 Å². The van der Waals surface area contributed by atoms with Gasteiger partial charge in [-0.2, -0.15) is 18.3 Å². The summed E-state index contributed by atoms with van der Waals surface area (Å²) in [6, 6.07) is 8.32. The smallest absolute Gasteiger partial charge is 0.475 e. The zero-order valence-electron chi connectivity index (χ0n) is 11.8. The minimum absolute atomic E-state index is 0.282. The molecular weight excluding hydrogens is 332 g/mol. The molecular formula is C14H10F4N4O2. The van der Waals surface area contributed by atoms with Crippen molar-refractivity contribution in [3.63, 3.8) is 0 Å². The average molecular weight is 342 g/mol. The molecule has 0 saturated carbocycles. The molecule has 0 aliphatic carbocycles. The van der Waals surface area contributed by atoms with Crippen molar-refractivity contribution in [1.82, 2.24) is 15.2 Å². The topological polar surface area (TPSA) is 105 Å². The number of anilines is 1. The van der Waals surface area contributed by atoms with Crippen LogP contribution in [0.5, 0.6) is 0 Å². The lowest BCUT2D eigenvalue weighted by Gasteiger charge is -2.02. The Labute approximate surface area is 131 Å². The first-order chi connectivity index (χ1) is 11.2. The van der Waals surface area contributed by atoms with Crippen LogP contribution in [-0.2, 0) is 4.79 Å². The number of halogens is 4. The van der Waals surface area contributed by atoms with Gasteiger partial charge in [-0.05, 0) is 12.1 Å². The molecule has 0 saturated heterocycles. The second-order valence-corrected chi connectivity index (χ2v) is 4.52. The number of H-pyrrole nitrogens is 1. The number of carboxylic acid groups (broad SMARTS) is 1. The molecule has 24 heavy (non-hydrogen) atoms. The molecule has 0 atom stereocenters. The van der Waals surface area contributed by atoms with Crippen molar-refractivity contribution >= 4 is 22.8 Å². The Morgan fingerprint density at radius 3 is 2.46 bits per heavy atom. The Hall–Kier alpha value is -3.17. The Morgan fingerprint density at radius 1 is 1.25 bits per heavy atom. The number of carbonyl (C=O) groups is 1. The van der Waals surface area contributed by atoms with E-state index in [4.69, 9.17) is 15.6 Å². The molecule has 3 rings (SSSR count). The number of alkyl halides is 3. The van der Waals surface area contributed by atoms with Crippen molar-refractivity contribution in [2.45, 2.75) is 6.18 Å². The van der Waals surface area contributed by atoms with Crippen molar-refractivity contribution < 1.29 is 27.5 Å². The molecule has 3 aromatic rings. The maximum Gasteiger partial charge on any atom is 0.490 e. The average Bonchev–Trinajstić information content (AvgIpc) is 2.88. The van der Waals surface area contributed by atoms with E-state index in [1.807, 2.05) is 0 Å². The third kappa shape index (κ3) is 3.77. The predicted octanol–water partition coefficient (Wildman–Crippen LogP) is 2.98. The molecule has 10 heteroatoms. The molecule has 126 valence electrons. The number of nitrogen functional groups attached to an aromatic ring is 1. The van der Waals surface area contributed by atoms with Gasteiger partial charge in [0.2, 0.25) is 0 Å². The highest BCUT2D eigenvalue weighted by Gasteiger charge is 2.38. The highest BCUT2D eigenvalue weighted by atomic mass is 19.4. The summed E-state index contributed by atoms with van der Waals surface area (Å²) in [5.41, 5.74) is 7.43. The third-order valence-corrected chi connectivity index (χ3v) is 2.87. The summed E-state index contributed by atoms with van der Waals surface area (Å²) in [6.07, 6.45) is -3.50. The van der Waals surface area contributed by atoms with E-state index in [2.05, 4.69) is 15.2 Å². The number of nitrogens with two attached hydrogens (primary N) is 1. The molecule has 0 bridgehead atoms. The van der Waals surface area contributed by atoms with Crippen LogP contribution in [0.25, 0.3) is 22.2 Å². The third-order valence-electron chi connectivity index (χ3n) is 2.87. The molecule has 0 spiro atoms. The number of pyridine rings is 1. The van der Waals surface area contributed by atoms with E-state index < -0.39 is 12.1 Å². The van der Waals surface area contributed by atoms with Crippen LogP contribution in [0.4, 0.5) is 23.4 Å². The largest absolute Gasteiger partial charge is 0.490 e. The maximum atomic E-state index is 13.6. The standard InChI is InChI=1S/C12H9FN4.C2HF3O2/c13-10-4-2-1-3-8(10)7-5-9-11(14)16-17-12(9)15-6-7;3-2(4,5)1(6)7/h1-6H,(H3,14,15,16,17);(H,6,7). The number of hydrogen-bond donors (Lipinski definition) is 3. The maximum absolute atomic E-state index is 13.6. The predicted molar refractivity (Wildman–Crippen MR) is 77.4 cm³/mol. The van der Waals surface area contributed by atoms with Crippen molar-refractivity contribution in [3.8, 4) is 11.1 Å². The van der Waals surface area contributed by atoms with E-state index in [1.165, 1.54) is 6.07 Å². The van der Waals surface area contributed by atoms with Gasteiger partial charge in [-0.1, -0.05) is 18.2 Å². The van der Waals surface area contributed by atoms with Crippen LogP contribution in [-0.4, -0.2) is 32.4 Å². The number of carboxylic acids is 1. The number of nitrogens with one attached hydrogen (secondary N) is 1. The summed E-state index contributed by atoms with van der Waals surface area (Å²) in [6.45, 7) is 0. The number of benzene rings is 1. The Bertz CT molecular complexity index is 877. The minimum Gasteiger partial charge on any atom is -0.475 e. The lowest BCUT2D eigenvalue weighted by atomic mass is 10.1. The van der Waals surface area contributed by atoms with Crippen LogP contribution >= 0.6 is 0 Å². The monoisotopic (exact) mass is 342 g/mol. The number of aromatic nitrogens is 3. The molecule has 2 heterocycles. The number of hydrogen-bond acceptors (Lipinski definition) is 4. The van der Waals surface area contributed by atoms with Crippen LogP contribution in [0.3, 0.4) is 0 Å².